The minimum absolute atomic E-state index is 0.103. The van der Waals surface area contributed by atoms with Crippen molar-refractivity contribution in [3.8, 4) is 0 Å². The van der Waals surface area contributed by atoms with Crippen LogP contribution < -0.4 is 16.5 Å². The summed E-state index contributed by atoms with van der Waals surface area (Å²) in [4.78, 5) is 12.2. The van der Waals surface area contributed by atoms with Gasteiger partial charge < -0.3 is 16.5 Å². The number of nitrogen functional groups attached to an aromatic ring is 1. The third-order valence-electron chi connectivity index (χ3n) is 3.47. The minimum atomic E-state index is -0.103. The quantitative estimate of drug-likeness (QED) is 0.777. The van der Waals surface area contributed by atoms with Gasteiger partial charge in [-0.2, -0.15) is 4.37 Å². The number of nitrogens with zero attached hydrogens (tertiary/aromatic N) is 2. The molecule has 19 heavy (non-hydrogen) atoms. The molecule has 1 aliphatic heterocycles. The summed E-state index contributed by atoms with van der Waals surface area (Å²) in [6.07, 6.45) is 5.78. The van der Waals surface area contributed by atoms with Gasteiger partial charge in [0.15, 0.2) is 5.82 Å². The van der Waals surface area contributed by atoms with Crippen molar-refractivity contribution in [3.63, 3.8) is 0 Å². The summed E-state index contributed by atoms with van der Waals surface area (Å²) in [5.74, 6) is 0.218. The second-order valence-electron chi connectivity index (χ2n) is 5.18. The minimum Gasteiger partial charge on any atom is -0.382 e. The summed E-state index contributed by atoms with van der Waals surface area (Å²) in [6.45, 7) is 2.00. The molecule has 0 bridgehead atoms. The molecular weight excluding hydrogens is 262 g/mol. The standard InChI is InChI=1S/C12H19N5OS/c13-10-9(11(18)14-8-4-5-8)12(19-16-10)15-17-6-2-1-3-7-17/h8,15H,1-7H2,(H2,13,16)(H,14,18). The maximum atomic E-state index is 12.2. The zero-order valence-corrected chi connectivity index (χ0v) is 11.6. The number of nitrogens with one attached hydrogen (secondary N) is 2. The van der Waals surface area contributed by atoms with Crippen LogP contribution in [0, 0.1) is 0 Å². The molecule has 2 aliphatic rings. The number of aromatic nitrogens is 1. The highest BCUT2D eigenvalue weighted by Gasteiger charge is 2.28. The van der Waals surface area contributed by atoms with Gasteiger partial charge in [-0.25, -0.2) is 5.01 Å². The number of anilines is 2. The van der Waals surface area contributed by atoms with Gasteiger partial charge in [-0.3, -0.25) is 4.79 Å². The van der Waals surface area contributed by atoms with E-state index in [-0.39, 0.29) is 5.91 Å². The Balaban J connectivity index is 1.71. The highest BCUT2D eigenvalue weighted by Crippen LogP contribution is 2.29. The number of hydrogen-bond acceptors (Lipinski definition) is 6. The van der Waals surface area contributed by atoms with E-state index in [1.807, 2.05) is 0 Å². The maximum absolute atomic E-state index is 12.2. The molecule has 1 aromatic heterocycles. The van der Waals surface area contributed by atoms with Gasteiger partial charge in [-0.1, -0.05) is 6.42 Å². The highest BCUT2D eigenvalue weighted by atomic mass is 32.1. The van der Waals surface area contributed by atoms with Crippen LogP contribution in [0.15, 0.2) is 0 Å². The molecule has 7 heteroatoms. The summed E-state index contributed by atoms with van der Waals surface area (Å²) >= 11 is 1.26. The number of piperidine rings is 1. The summed E-state index contributed by atoms with van der Waals surface area (Å²) in [7, 11) is 0. The Bertz CT molecular complexity index is 465. The number of hydrazine groups is 1. The second-order valence-corrected chi connectivity index (χ2v) is 5.95. The maximum Gasteiger partial charge on any atom is 0.258 e. The van der Waals surface area contributed by atoms with E-state index in [2.05, 4.69) is 20.1 Å². The second kappa shape index (κ2) is 5.34. The van der Waals surface area contributed by atoms with Crippen molar-refractivity contribution in [1.29, 1.82) is 0 Å². The van der Waals surface area contributed by atoms with Crippen LogP contribution in [0.4, 0.5) is 10.8 Å². The normalized spacial score (nSPS) is 20.2. The predicted octanol–water partition coefficient (Wildman–Crippen LogP) is 1.43. The number of nitrogens with two attached hydrogens (primary N) is 1. The van der Waals surface area contributed by atoms with Gasteiger partial charge in [0.2, 0.25) is 0 Å². The van der Waals surface area contributed by atoms with E-state index in [9.17, 15) is 4.79 Å². The first-order valence-corrected chi connectivity index (χ1v) is 7.59. The molecule has 1 saturated carbocycles. The summed E-state index contributed by atoms with van der Waals surface area (Å²) in [5.41, 5.74) is 9.62. The van der Waals surface area contributed by atoms with E-state index in [1.165, 1.54) is 30.8 Å². The SMILES string of the molecule is Nc1nsc(NN2CCCCC2)c1C(=O)NC1CC1. The van der Waals surface area contributed by atoms with Crippen LogP contribution in [0.25, 0.3) is 0 Å². The van der Waals surface area contributed by atoms with Crippen LogP contribution >= 0.6 is 11.5 Å². The van der Waals surface area contributed by atoms with Gasteiger partial charge in [-0.15, -0.1) is 0 Å². The first-order valence-electron chi connectivity index (χ1n) is 6.81. The summed E-state index contributed by atoms with van der Waals surface area (Å²) < 4.78 is 4.10. The predicted molar refractivity (Wildman–Crippen MR) is 76.1 cm³/mol. The van der Waals surface area contributed by atoms with Crippen molar-refractivity contribution in [2.24, 2.45) is 0 Å². The molecule has 1 saturated heterocycles. The van der Waals surface area contributed by atoms with Crippen LogP contribution in [0.5, 0.6) is 0 Å². The highest BCUT2D eigenvalue weighted by molar-refractivity contribution is 7.11. The fourth-order valence-corrected chi connectivity index (χ4v) is 2.97. The van der Waals surface area contributed by atoms with E-state index >= 15 is 0 Å². The third kappa shape index (κ3) is 2.98. The van der Waals surface area contributed by atoms with Gasteiger partial charge in [0.1, 0.15) is 10.6 Å². The van der Waals surface area contributed by atoms with Crippen molar-refractivity contribution in [2.75, 3.05) is 24.2 Å². The molecule has 0 atom stereocenters. The fourth-order valence-electron chi connectivity index (χ4n) is 2.23. The number of amides is 1. The average molecular weight is 281 g/mol. The number of carbonyl (C=O) groups is 1. The molecule has 1 aromatic rings. The molecule has 3 rings (SSSR count). The number of carbonyl (C=O) groups excluding carboxylic acids is 1. The van der Waals surface area contributed by atoms with Crippen molar-refractivity contribution in [2.45, 2.75) is 38.1 Å². The Morgan fingerprint density at radius 1 is 1.32 bits per heavy atom. The van der Waals surface area contributed by atoms with Crippen molar-refractivity contribution in [3.05, 3.63) is 5.56 Å². The van der Waals surface area contributed by atoms with Crippen LogP contribution in [0.1, 0.15) is 42.5 Å². The number of hydrogen-bond donors (Lipinski definition) is 3. The van der Waals surface area contributed by atoms with Gasteiger partial charge in [0, 0.05) is 19.1 Å². The van der Waals surface area contributed by atoms with Gasteiger partial charge >= 0.3 is 0 Å². The van der Waals surface area contributed by atoms with E-state index in [0.717, 1.165) is 30.9 Å². The first kappa shape index (κ1) is 12.7. The Morgan fingerprint density at radius 3 is 2.74 bits per heavy atom. The Hall–Kier alpha value is -1.34. The summed E-state index contributed by atoms with van der Waals surface area (Å²) in [5, 5.41) is 5.87. The summed E-state index contributed by atoms with van der Waals surface area (Å²) in [6, 6.07) is 0.328. The van der Waals surface area contributed by atoms with Gasteiger partial charge in [0.05, 0.1) is 0 Å². The molecule has 2 fully saturated rings. The van der Waals surface area contributed by atoms with Crippen LogP contribution in [-0.4, -0.2) is 34.4 Å². The van der Waals surface area contributed by atoms with E-state index in [0.29, 0.717) is 17.4 Å². The molecule has 0 unspecified atom stereocenters. The Kier molecular flexibility index (Phi) is 3.56. The lowest BCUT2D eigenvalue weighted by Gasteiger charge is -2.27. The van der Waals surface area contributed by atoms with Crippen LogP contribution in [-0.2, 0) is 0 Å². The van der Waals surface area contributed by atoms with Crippen LogP contribution in [0.2, 0.25) is 0 Å². The van der Waals surface area contributed by atoms with E-state index < -0.39 is 0 Å². The molecule has 104 valence electrons. The molecule has 0 radical (unpaired) electrons. The lowest BCUT2D eigenvalue weighted by Crippen LogP contribution is -2.35. The van der Waals surface area contributed by atoms with Crippen LogP contribution in [0.3, 0.4) is 0 Å². The van der Waals surface area contributed by atoms with Crippen molar-refractivity contribution >= 4 is 28.3 Å². The third-order valence-corrected chi connectivity index (χ3v) is 4.24. The zero-order valence-electron chi connectivity index (χ0n) is 10.8. The Morgan fingerprint density at radius 2 is 2.05 bits per heavy atom. The monoisotopic (exact) mass is 281 g/mol. The lowest BCUT2D eigenvalue weighted by atomic mass is 10.2. The molecule has 6 nitrogen and oxygen atoms in total. The first-order chi connectivity index (χ1) is 9.24. The lowest BCUT2D eigenvalue weighted by molar-refractivity contribution is 0.0952. The zero-order chi connectivity index (χ0) is 13.2. The van der Waals surface area contributed by atoms with E-state index in [1.54, 1.807) is 0 Å². The molecule has 0 aromatic carbocycles. The van der Waals surface area contributed by atoms with Gasteiger partial charge in [-0.05, 0) is 37.2 Å². The Labute approximate surface area is 116 Å². The smallest absolute Gasteiger partial charge is 0.258 e. The number of rotatable bonds is 4. The van der Waals surface area contributed by atoms with Gasteiger partial charge in [0.25, 0.3) is 5.91 Å². The topological polar surface area (TPSA) is 83.3 Å². The fraction of sp³-hybridized carbons (Fsp3) is 0.667. The molecule has 2 heterocycles. The largest absolute Gasteiger partial charge is 0.382 e. The molecular formula is C12H19N5OS. The molecule has 4 N–H and O–H groups in total. The molecule has 1 aliphatic carbocycles. The molecule has 0 spiro atoms. The van der Waals surface area contributed by atoms with E-state index in [4.69, 9.17) is 5.73 Å². The van der Waals surface area contributed by atoms with Crippen molar-refractivity contribution < 1.29 is 4.79 Å². The molecule has 1 amide bonds. The average Bonchev–Trinajstić information content (AvgIpc) is 3.14. The van der Waals surface area contributed by atoms with Crippen molar-refractivity contribution in [1.82, 2.24) is 14.7 Å².